The second-order valence-corrected chi connectivity index (χ2v) is 7.05. The van der Waals surface area contributed by atoms with Crippen molar-refractivity contribution in [3.8, 4) is 0 Å². The number of benzene rings is 1. The summed E-state index contributed by atoms with van der Waals surface area (Å²) in [5, 5.41) is 5.04. The second-order valence-electron chi connectivity index (χ2n) is 5.48. The van der Waals surface area contributed by atoms with Crippen LogP contribution in [0, 0.1) is 0 Å². The zero-order valence-electron chi connectivity index (χ0n) is 11.6. The highest BCUT2D eigenvalue weighted by Gasteiger charge is 2.57. The lowest BCUT2D eigenvalue weighted by Crippen LogP contribution is -2.50. The number of hydrogen-bond donors (Lipinski definition) is 1. The lowest BCUT2D eigenvalue weighted by Gasteiger charge is -2.26. The van der Waals surface area contributed by atoms with Crippen LogP contribution in [0.1, 0.15) is 5.56 Å². The number of quaternary nitrogens is 1. The quantitative estimate of drug-likeness (QED) is 0.566. The van der Waals surface area contributed by atoms with E-state index in [4.69, 9.17) is 14.6 Å². The maximum Gasteiger partial charge on any atom is 0.399 e. The number of nitrogens with zero attached hydrogens (tertiary/aromatic N) is 1. The predicted molar refractivity (Wildman–Crippen MR) is 72.4 cm³/mol. The second kappa shape index (κ2) is 5.04. The number of carbonyl (C=O) groups is 2. The number of fused-ring (bicyclic) bond motifs is 1. The molecule has 2 aliphatic rings. The Balaban J connectivity index is 1.72. The summed E-state index contributed by atoms with van der Waals surface area (Å²) in [6.45, 7) is 0.689. The predicted octanol–water partition coefficient (Wildman–Crippen LogP) is -0.909. The van der Waals surface area contributed by atoms with Crippen LogP contribution in [0.2, 0.25) is 0 Å². The molecule has 0 saturated carbocycles. The minimum absolute atomic E-state index is 0.0422. The number of esters is 2. The molecular weight excluding hydrogens is 312 g/mol. The normalized spacial score (nSPS) is 27.4. The SMILES string of the molecule is NS(=O)(=O)c1ccc(CC[N+]23CC(=O)OC2OC(=O)C3)cc1. The van der Waals surface area contributed by atoms with E-state index in [1.165, 1.54) is 12.1 Å². The molecule has 8 nitrogen and oxygen atoms in total. The van der Waals surface area contributed by atoms with Gasteiger partial charge in [-0.25, -0.2) is 27.6 Å². The molecule has 0 bridgehead atoms. The minimum Gasteiger partial charge on any atom is -0.372 e. The van der Waals surface area contributed by atoms with Crippen molar-refractivity contribution in [3.63, 3.8) is 0 Å². The lowest BCUT2D eigenvalue weighted by molar-refractivity contribution is -0.948. The number of carbonyl (C=O) groups excluding carboxylic acids is 2. The van der Waals surface area contributed by atoms with Crippen molar-refractivity contribution in [2.24, 2.45) is 5.14 Å². The van der Waals surface area contributed by atoms with E-state index in [2.05, 4.69) is 0 Å². The molecule has 0 unspecified atom stereocenters. The van der Waals surface area contributed by atoms with Gasteiger partial charge in [-0.05, 0) is 17.7 Å². The number of nitrogens with two attached hydrogens (primary N) is 1. The van der Waals surface area contributed by atoms with Crippen molar-refractivity contribution in [1.29, 1.82) is 0 Å². The molecule has 1 aromatic carbocycles. The summed E-state index contributed by atoms with van der Waals surface area (Å²) in [6.07, 6.45) is -0.307. The van der Waals surface area contributed by atoms with Crippen molar-refractivity contribution >= 4 is 22.0 Å². The Morgan fingerprint density at radius 2 is 1.64 bits per heavy atom. The van der Waals surface area contributed by atoms with Gasteiger partial charge in [0, 0.05) is 6.42 Å². The summed E-state index contributed by atoms with van der Waals surface area (Å²) in [4.78, 5) is 22.9. The molecule has 2 heterocycles. The van der Waals surface area contributed by atoms with Crippen LogP contribution in [0.5, 0.6) is 0 Å². The molecule has 118 valence electrons. The smallest absolute Gasteiger partial charge is 0.372 e. The first-order valence-electron chi connectivity index (χ1n) is 6.65. The summed E-state index contributed by atoms with van der Waals surface area (Å²) in [6, 6.07) is 6.17. The van der Waals surface area contributed by atoms with Crippen LogP contribution in [-0.4, -0.2) is 50.9 Å². The molecule has 22 heavy (non-hydrogen) atoms. The Kier molecular flexibility index (Phi) is 3.42. The lowest BCUT2D eigenvalue weighted by atomic mass is 10.1. The van der Waals surface area contributed by atoms with Gasteiger partial charge in [0.15, 0.2) is 13.1 Å². The number of hydrogen-bond acceptors (Lipinski definition) is 6. The summed E-state index contributed by atoms with van der Waals surface area (Å²) < 4.78 is 32.5. The van der Waals surface area contributed by atoms with Gasteiger partial charge in [0.05, 0.1) is 11.4 Å². The molecule has 2 fully saturated rings. The molecule has 0 atom stereocenters. The van der Waals surface area contributed by atoms with Gasteiger partial charge in [0.2, 0.25) is 10.0 Å². The van der Waals surface area contributed by atoms with E-state index in [9.17, 15) is 18.0 Å². The van der Waals surface area contributed by atoms with Gasteiger partial charge in [0.1, 0.15) is 0 Å². The number of ether oxygens (including phenoxy) is 2. The van der Waals surface area contributed by atoms with Crippen LogP contribution in [0.15, 0.2) is 29.2 Å². The van der Waals surface area contributed by atoms with Crippen LogP contribution in [0.25, 0.3) is 0 Å². The zero-order chi connectivity index (χ0) is 16.0. The molecule has 0 aliphatic carbocycles. The van der Waals surface area contributed by atoms with Gasteiger partial charge in [-0.15, -0.1) is 0 Å². The van der Waals surface area contributed by atoms with E-state index >= 15 is 0 Å². The van der Waals surface area contributed by atoms with E-state index < -0.39 is 16.4 Å². The molecule has 3 rings (SSSR count). The Labute approximate surface area is 127 Å². The van der Waals surface area contributed by atoms with E-state index in [1.807, 2.05) is 0 Å². The van der Waals surface area contributed by atoms with Gasteiger partial charge in [-0.3, -0.25) is 0 Å². The van der Waals surface area contributed by atoms with Crippen molar-refractivity contribution in [1.82, 2.24) is 0 Å². The average Bonchev–Trinajstić information content (AvgIpc) is 2.87. The fraction of sp³-hybridized carbons (Fsp3) is 0.385. The maximum absolute atomic E-state index is 11.4. The standard InChI is InChI=1S/C13H15N2O6S/c14-22(18,19)10-3-1-9(2-4-10)5-6-15-7-11(16)20-13(15)21-12(17)8-15/h1-4,13H,5-8H2,(H2,14,18,19)/q+1. The highest BCUT2D eigenvalue weighted by Crippen LogP contribution is 2.29. The molecule has 0 spiro atoms. The van der Waals surface area contributed by atoms with Crippen molar-refractivity contribution < 1.29 is 32.0 Å². The number of rotatable bonds is 4. The van der Waals surface area contributed by atoms with Crippen LogP contribution < -0.4 is 5.14 Å². The largest absolute Gasteiger partial charge is 0.399 e. The summed E-state index contributed by atoms with van der Waals surface area (Å²) in [7, 11) is -3.71. The Hall–Kier alpha value is -1.97. The Morgan fingerprint density at radius 1 is 1.09 bits per heavy atom. The van der Waals surface area contributed by atoms with Crippen LogP contribution in [0.3, 0.4) is 0 Å². The molecule has 1 aromatic rings. The van der Waals surface area contributed by atoms with Crippen LogP contribution >= 0.6 is 0 Å². The fourth-order valence-corrected chi connectivity index (χ4v) is 3.24. The van der Waals surface area contributed by atoms with Gasteiger partial charge in [0.25, 0.3) is 0 Å². The van der Waals surface area contributed by atoms with Crippen LogP contribution in [-0.2, 0) is 35.5 Å². The first-order valence-corrected chi connectivity index (χ1v) is 8.20. The molecule has 9 heteroatoms. The highest BCUT2D eigenvalue weighted by atomic mass is 32.2. The fourth-order valence-electron chi connectivity index (χ4n) is 2.73. The molecule has 0 radical (unpaired) electrons. The minimum atomic E-state index is -3.71. The maximum atomic E-state index is 11.4. The topological polar surface area (TPSA) is 113 Å². The monoisotopic (exact) mass is 327 g/mol. The summed E-state index contributed by atoms with van der Waals surface area (Å²) >= 11 is 0. The van der Waals surface area contributed by atoms with Crippen molar-refractivity contribution in [3.05, 3.63) is 29.8 Å². The highest BCUT2D eigenvalue weighted by molar-refractivity contribution is 7.89. The van der Waals surface area contributed by atoms with Crippen LogP contribution in [0.4, 0.5) is 0 Å². The average molecular weight is 327 g/mol. The van der Waals surface area contributed by atoms with Gasteiger partial charge in [-0.1, -0.05) is 12.1 Å². The van der Waals surface area contributed by atoms with E-state index in [1.54, 1.807) is 12.1 Å². The van der Waals surface area contributed by atoms with Gasteiger partial charge in [-0.2, -0.15) is 0 Å². The van der Waals surface area contributed by atoms with Crippen molar-refractivity contribution in [2.75, 3.05) is 19.6 Å². The van der Waals surface area contributed by atoms with Gasteiger partial charge >= 0.3 is 18.4 Å². The Morgan fingerprint density at radius 3 is 2.14 bits per heavy atom. The van der Waals surface area contributed by atoms with Crippen molar-refractivity contribution in [2.45, 2.75) is 17.7 Å². The summed E-state index contributed by atoms with van der Waals surface area (Å²) in [5.74, 6) is -0.774. The molecule has 0 amide bonds. The summed E-state index contributed by atoms with van der Waals surface area (Å²) in [5.41, 5.74) is 0.873. The third-order valence-electron chi connectivity index (χ3n) is 3.90. The zero-order valence-corrected chi connectivity index (χ0v) is 12.4. The van der Waals surface area contributed by atoms with E-state index in [-0.39, 0.29) is 34.4 Å². The third-order valence-corrected chi connectivity index (χ3v) is 4.83. The molecule has 2 aliphatic heterocycles. The first-order chi connectivity index (χ1) is 10.3. The molecule has 2 N–H and O–H groups in total. The Bertz CT molecular complexity index is 707. The third kappa shape index (κ3) is 2.70. The molecular formula is C13H15N2O6S+. The number of primary sulfonamides is 1. The molecule has 2 saturated heterocycles. The number of sulfonamides is 1. The molecule has 0 aromatic heterocycles. The van der Waals surface area contributed by atoms with E-state index in [0.717, 1.165) is 5.56 Å². The first kappa shape index (κ1) is 14.9. The van der Waals surface area contributed by atoms with E-state index in [0.29, 0.717) is 13.0 Å². The van der Waals surface area contributed by atoms with Gasteiger partial charge < -0.3 is 9.47 Å².